The second-order valence-corrected chi connectivity index (χ2v) is 5.86. The zero-order valence-electron chi connectivity index (χ0n) is 14.4. The molecule has 1 aromatic heterocycles. The lowest BCUT2D eigenvalue weighted by molar-refractivity contribution is 0.262. The van der Waals surface area contributed by atoms with Crippen molar-refractivity contribution in [3.8, 4) is 5.69 Å². The molecule has 0 spiro atoms. The summed E-state index contributed by atoms with van der Waals surface area (Å²) in [6, 6.07) is 12.7. The fourth-order valence-electron chi connectivity index (χ4n) is 2.44. The molecule has 3 rings (SSSR count). The van der Waals surface area contributed by atoms with E-state index in [1.807, 2.05) is 18.3 Å². The molecule has 2 N–H and O–H groups in total. The van der Waals surface area contributed by atoms with Crippen LogP contribution in [0.15, 0.2) is 54.7 Å². The van der Waals surface area contributed by atoms with Crippen molar-refractivity contribution in [3.05, 3.63) is 66.2 Å². The van der Waals surface area contributed by atoms with E-state index in [2.05, 4.69) is 27.9 Å². The van der Waals surface area contributed by atoms with E-state index < -0.39 is 11.8 Å². The van der Waals surface area contributed by atoms with E-state index in [-0.39, 0.29) is 5.69 Å². The van der Waals surface area contributed by atoms with Gasteiger partial charge in [-0.2, -0.15) is 0 Å². The topological polar surface area (TPSA) is 71.8 Å². The molecule has 0 radical (unpaired) electrons. The maximum atomic E-state index is 13.6. The molecule has 6 nitrogen and oxygen atoms in total. The van der Waals surface area contributed by atoms with E-state index in [9.17, 15) is 9.18 Å². The largest absolute Gasteiger partial charge is 0.323 e. The van der Waals surface area contributed by atoms with Crippen LogP contribution in [-0.4, -0.2) is 21.0 Å². The van der Waals surface area contributed by atoms with Crippen LogP contribution in [0.5, 0.6) is 0 Å². The number of aryl methyl sites for hydroxylation is 1. The van der Waals surface area contributed by atoms with Gasteiger partial charge in [-0.25, -0.2) is 13.9 Å². The van der Waals surface area contributed by atoms with Gasteiger partial charge >= 0.3 is 6.03 Å². The van der Waals surface area contributed by atoms with Crippen LogP contribution in [-0.2, 0) is 6.42 Å². The Labute approximate surface area is 151 Å². The molecule has 0 unspecified atom stereocenters. The molecular formula is C19H20FN5O. The standard InChI is InChI=1S/C19H20FN5O/c1-2-3-6-15-13-25(24-23-15)16-11-9-14(10-12-16)21-19(26)22-18-8-5-4-7-17(18)20/h4-5,7-13H,2-3,6H2,1H3,(H2,21,22,26). The minimum atomic E-state index is -0.509. The summed E-state index contributed by atoms with van der Waals surface area (Å²) in [4.78, 5) is 12.0. The van der Waals surface area contributed by atoms with Crippen molar-refractivity contribution in [2.75, 3.05) is 10.6 Å². The second-order valence-electron chi connectivity index (χ2n) is 5.86. The van der Waals surface area contributed by atoms with E-state index in [1.54, 1.807) is 28.9 Å². The third-order valence-electron chi connectivity index (χ3n) is 3.84. The van der Waals surface area contributed by atoms with Crippen molar-refractivity contribution in [2.45, 2.75) is 26.2 Å². The maximum absolute atomic E-state index is 13.6. The van der Waals surface area contributed by atoms with Gasteiger partial charge < -0.3 is 10.6 Å². The molecule has 0 aliphatic rings. The van der Waals surface area contributed by atoms with Gasteiger partial charge in [0.25, 0.3) is 0 Å². The van der Waals surface area contributed by atoms with Gasteiger partial charge in [0.1, 0.15) is 5.82 Å². The number of urea groups is 1. The average Bonchev–Trinajstić information content (AvgIpc) is 3.11. The monoisotopic (exact) mass is 353 g/mol. The molecule has 26 heavy (non-hydrogen) atoms. The van der Waals surface area contributed by atoms with Crippen molar-refractivity contribution in [1.29, 1.82) is 0 Å². The Morgan fingerprint density at radius 3 is 2.62 bits per heavy atom. The van der Waals surface area contributed by atoms with Crippen LogP contribution in [0.2, 0.25) is 0 Å². The van der Waals surface area contributed by atoms with Crippen molar-refractivity contribution in [1.82, 2.24) is 15.0 Å². The molecule has 0 atom stereocenters. The first-order valence-corrected chi connectivity index (χ1v) is 8.50. The van der Waals surface area contributed by atoms with Gasteiger partial charge in [0.15, 0.2) is 0 Å². The molecule has 0 saturated carbocycles. The van der Waals surface area contributed by atoms with Crippen LogP contribution in [0.3, 0.4) is 0 Å². The summed E-state index contributed by atoms with van der Waals surface area (Å²) in [6.07, 6.45) is 5.01. The van der Waals surface area contributed by atoms with Crippen LogP contribution in [0.4, 0.5) is 20.6 Å². The highest BCUT2D eigenvalue weighted by molar-refractivity contribution is 5.99. The number of para-hydroxylation sites is 1. The van der Waals surface area contributed by atoms with Crippen LogP contribution in [0, 0.1) is 5.82 Å². The molecule has 0 aliphatic carbocycles. The number of unbranched alkanes of at least 4 members (excludes halogenated alkanes) is 1. The van der Waals surface area contributed by atoms with Gasteiger partial charge in [-0.15, -0.1) is 5.10 Å². The molecule has 7 heteroatoms. The lowest BCUT2D eigenvalue weighted by atomic mass is 10.2. The number of hydrogen-bond donors (Lipinski definition) is 2. The first-order valence-electron chi connectivity index (χ1n) is 8.50. The summed E-state index contributed by atoms with van der Waals surface area (Å²) in [7, 11) is 0. The van der Waals surface area contributed by atoms with Gasteiger partial charge in [0, 0.05) is 5.69 Å². The van der Waals surface area contributed by atoms with Gasteiger partial charge in [0.05, 0.1) is 23.3 Å². The minimum absolute atomic E-state index is 0.129. The predicted molar refractivity (Wildman–Crippen MR) is 99.0 cm³/mol. The van der Waals surface area contributed by atoms with Crippen LogP contribution in [0.25, 0.3) is 5.69 Å². The molecule has 0 aliphatic heterocycles. The highest BCUT2D eigenvalue weighted by atomic mass is 19.1. The lowest BCUT2D eigenvalue weighted by Gasteiger charge is -2.09. The molecule has 0 fully saturated rings. The first kappa shape index (κ1) is 17.6. The number of anilines is 2. The van der Waals surface area contributed by atoms with Gasteiger partial charge in [0.2, 0.25) is 0 Å². The number of carbonyl (C=O) groups excluding carboxylic acids is 1. The third-order valence-corrected chi connectivity index (χ3v) is 3.84. The highest BCUT2D eigenvalue weighted by Crippen LogP contribution is 2.15. The summed E-state index contributed by atoms with van der Waals surface area (Å²) in [5, 5.41) is 13.4. The molecule has 2 aromatic carbocycles. The van der Waals surface area contributed by atoms with Gasteiger partial charge in [-0.05, 0) is 49.2 Å². The van der Waals surface area contributed by atoms with E-state index in [0.29, 0.717) is 5.69 Å². The van der Waals surface area contributed by atoms with Gasteiger partial charge in [-0.3, -0.25) is 0 Å². The maximum Gasteiger partial charge on any atom is 0.323 e. The Morgan fingerprint density at radius 1 is 1.12 bits per heavy atom. The molecule has 0 bridgehead atoms. The van der Waals surface area contributed by atoms with Crippen LogP contribution >= 0.6 is 0 Å². The van der Waals surface area contributed by atoms with Crippen LogP contribution < -0.4 is 10.6 Å². The summed E-state index contributed by atoms with van der Waals surface area (Å²) in [5.41, 5.74) is 2.52. The quantitative estimate of drug-likeness (QED) is 0.690. The number of carbonyl (C=O) groups is 1. The summed E-state index contributed by atoms with van der Waals surface area (Å²) in [5.74, 6) is -0.483. The van der Waals surface area contributed by atoms with Crippen molar-refractivity contribution >= 4 is 17.4 Å². The number of amides is 2. The van der Waals surface area contributed by atoms with E-state index >= 15 is 0 Å². The molecule has 134 valence electrons. The van der Waals surface area contributed by atoms with E-state index in [1.165, 1.54) is 12.1 Å². The zero-order valence-corrected chi connectivity index (χ0v) is 14.4. The van der Waals surface area contributed by atoms with E-state index in [4.69, 9.17) is 0 Å². The first-order chi connectivity index (χ1) is 12.7. The number of benzene rings is 2. The van der Waals surface area contributed by atoms with Crippen molar-refractivity contribution < 1.29 is 9.18 Å². The molecule has 3 aromatic rings. The minimum Gasteiger partial charge on any atom is -0.308 e. The fourth-order valence-corrected chi connectivity index (χ4v) is 2.44. The Bertz CT molecular complexity index is 876. The predicted octanol–water partition coefficient (Wildman–Crippen LogP) is 4.39. The Kier molecular flexibility index (Phi) is 5.58. The zero-order chi connectivity index (χ0) is 18.4. The SMILES string of the molecule is CCCCc1cn(-c2ccc(NC(=O)Nc3ccccc3F)cc2)nn1. The Balaban J connectivity index is 1.61. The number of nitrogens with zero attached hydrogens (tertiary/aromatic N) is 3. The smallest absolute Gasteiger partial charge is 0.308 e. The third kappa shape index (κ3) is 4.44. The Morgan fingerprint density at radius 2 is 1.88 bits per heavy atom. The highest BCUT2D eigenvalue weighted by Gasteiger charge is 2.07. The summed E-state index contributed by atoms with van der Waals surface area (Å²) in [6.45, 7) is 2.14. The van der Waals surface area contributed by atoms with Crippen molar-refractivity contribution in [2.24, 2.45) is 0 Å². The molecular weight excluding hydrogens is 333 g/mol. The fraction of sp³-hybridized carbons (Fsp3) is 0.211. The number of rotatable bonds is 6. The lowest BCUT2D eigenvalue weighted by Crippen LogP contribution is -2.20. The summed E-state index contributed by atoms with van der Waals surface area (Å²) >= 11 is 0. The van der Waals surface area contributed by atoms with Gasteiger partial charge in [-0.1, -0.05) is 30.7 Å². The normalized spacial score (nSPS) is 10.5. The second kappa shape index (κ2) is 8.24. The number of halogens is 1. The van der Waals surface area contributed by atoms with Crippen molar-refractivity contribution in [3.63, 3.8) is 0 Å². The molecule has 2 amide bonds. The number of aromatic nitrogens is 3. The van der Waals surface area contributed by atoms with Crippen LogP contribution in [0.1, 0.15) is 25.5 Å². The Hall–Kier alpha value is -3.22. The number of nitrogens with one attached hydrogen (secondary N) is 2. The molecule has 0 saturated heterocycles. The summed E-state index contributed by atoms with van der Waals surface area (Å²) < 4.78 is 15.3. The molecule has 1 heterocycles. The van der Waals surface area contributed by atoms with E-state index in [0.717, 1.165) is 30.6 Å². The average molecular weight is 353 g/mol. The number of hydrogen-bond acceptors (Lipinski definition) is 3.